The van der Waals surface area contributed by atoms with Crippen molar-refractivity contribution in [2.24, 2.45) is 5.92 Å². The molecule has 2 aromatic rings. The third-order valence-electron chi connectivity index (χ3n) is 3.71. The summed E-state index contributed by atoms with van der Waals surface area (Å²) < 4.78 is 0. The molecule has 0 bridgehead atoms. The van der Waals surface area contributed by atoms with Crippen LogP contribution in [0.5, 0.6) is 0 Å². The number of nitrogens with zero attached hydrogens (tertiary/aromatic N) is 1. The van der Waals surface area contributed by atoms with E-state index in [1.165, 1.54) is 6.92 Å². The number of benzene rings is 2. The van der Waals surface area contributed by atoms with Crippen LogP contribution < -0.4 is 4.90 Å². The predicted octanol–water partition coefficient (Wildman–Crippen LogP) is 2.98. The Bertz CT molecular complexity index is 637. The maximum Gasteiger partial charge on any atom is 0.240 e. The molecule has 0 radical (unpaired) electrons. The van der Waals surface area contributed by atoms with Gasteiger partial charge in [0.15, 0.2) is 0 Å². The summed E-state index contributed by atoms with van der Waals surface area (Å²) in [4.78, 5) is 25.8. The molecule has 100 valence electrons. The second-order valence-electron chi connectivity index (χ2n) is 4.99. The molecule has 3 nitrogen and oxygen atoms in total. The largest absolute Gasteiger partial charge is 0.303 e. The molecule has 1 heterocycles. The van der Waals surface area contributed by atoms with Gasteiger partial charge in [-0.05, 0) is 24.6 Å². The molecular weight excluding hydrogens is 250 g/mol. The van der Waals surface area contributed by atoms with Crippen LogP contribution in [0.25, 0.3) is 0 Å². The van der Waals surface area contributed by atoms with Gasteiger partial charge in [0.05, 0.1) is 6.04 Å². The lowest BCUT2D eigenvalue weighted by molar-refractivity contribution is -0.138. The van der Waals surface area contributed by atoms with Crippen molar-refractivity contribution in [1.29, 1.82) is 0 Å². The van der Waals surface area contributed by atoms with Crippen molar-refractivity contribution in [3.05, 3.63) is 66.2 Å². The quantitative estimate of drug-likeness (QED) is 0.632. The number of rotatable bonds is 3. The minimum Gasteiger partial charge on any atom is -0.303 e. The molecule has 0 saturated carbocycles. The van der Waals surface area contributed by atoms with Gasteiger partial charge in [0.1, 0.15) is 11.7 Å². The van der Waals surface area contributed by atoms with E-state index in [1.807, 2.05) is 60.7 Å². The van der Waals surface area contributed by atoms with Crippen molar-refractivity contribution in [3.63, 3.8) is 0 Å². The lowest BCUT2D eigenvalue weighted by Gasteiger charge is -2.46. The molecule has 0 aromatic heterocycles. The molecule has 3 heteroatoms. The van der Waals surface area contributed by atoms with E-state index >= 15 is 0 Å². The van der Waals surface area contributed by atoms with Gasteiger partial charge >= 0.3 is 0 Å². The van der Waals surface area contributed by atoms with Gasteiger partial charge in [0.25, 0.3) is 0 Å². The van der Waals surface area contributed by atoms with Crippen molar-refractivity contribution >= 4 is 17.4 Å². The van der Waals surface area contributed by atoms with Gasteiger partial charge in [0.2, 0.25) is 5.91 Å². The Kier molecular flexibility index (Phi) is 3.11. The lowest BCUT2D eigenvalue weighted by Crippen LogP contribution is -2.57. The van der Waals surface area contributed by atoms with Crippen LogP contribution in [-0.2, 0) is 9.59 Å². The Hall–Kier alpha value is -2.42. The maximum atomic E-state index is 12.3. The first-order valence-electron chi connectivity index (χ1n) is 6.63. The van der Waals surface area contributed by atoms with Crippen LogP contribution in [0.1, 0.15) is 18.5 Å². The number of amides is 1. The first-order chi connectivity index (χ1) is 9.70. The first kappa shape index (κ1) is 12.6. The predicted molar refractivity (Wildman–Crippen MR) is 77.3 cm³/mol. The molecule has 20 heavy (non-hydrogen) atoms. The number of ketones is 1. The minimum atomic E-state index is -0.558. The van der Waals surface area contributed by atoms with Crippen molar-refractivity contribution in [3.8, 4) is 0 Å². The molecule has 0 unspecified atom stereocenters. The Morgan fingerprint density at radius 3 is 2.05 bits per heavy atom. The highest BCUT2D eigenvalue weighted by molar-refractivity contribution is 6.15. The van der Waals surface area contributed by atoms with E-state index < -0.39 is 5.92 Å². The average molecular weight is 265 g/mol. The zero-order chi connectivity index (χ0) is 14.1. The molecular formula is C17H15NO2. The highest BCUT2D eigenvalue weighted by Crippen LogP contribution is 2.43. The van der Waals surface area contributed by atoms with Crippen molar-refractivity contribution < 1.29 is 9.59 Å². The fourth-order valence-corrected chi connectivity index (χ4v) is 2.75. The molecule has 1 aliphatic heterocycles. The summed E-state index contributed by atoms with van der Waals surface area (Å²) in [5, 5.41) is 0. The number of para-hydroxylation sites is 1. The number of carbonyl (C=O) groups excluding carboxylic acids is 2. The average Bonchev–Trinajstić information content (AvgIpc) is 2.46. The van der Waals surface area contributed by atoms with Crippen molar-refractivity contribution in [1.82, 2.24) is 0 Å². The second-order valence-corrected chi connectivity index (χ2v) is 4.99. The first-order valence-corrected chi connectivity index (χ1v) is 6.63. The van der Waals surface area contributed by atoms with E-state index in [0.29, 0.717) is 0 Å². The summed E-state index contributed by atoms with van der Waals surface area (Å²) in [5.74, 6) is -0.744. The SMILES string of the molecule is CC(=O)[C@@H]1C(=O)N(c2ccccc2)[C@H]1c1ccccc1. The van der Waals surface area contributed by atoms with E-state index in [4.69, 9.17) is 0 Å². The van der Waals surface area contributed by atoms with Gasteiger partial charge < -0.3 is 4.90 Å². The highest BCUT2D eigenvalue weighted by atomic mass is 16.2. The zero-order valence-electron chi connectivity index (χ0n) is 11.2. The van der Waals surface area contributed by atoms with Crippen LogP contribution in [0, 0.1) is 5.92 Å². The molecule has 2 atom stereocenters. The van der Waals surface area contributed by atoms with Crippen LogP contribution in [0.2, 0.25) is 0 Å². The molecule has 1 aliphatic rings. The number of anilines is 1. The smallest absolute Gasteiger partial charge is 0.240 e. The van der Waals surface area contributed by atoms with Gasteiger partial charge in [-0.1, -0.05) is 48.5 Å². The number of hydrogen-bond acceptors (Lipinski definition) is 2. The van der Waals surface area contributed by atoms with Gasteiger partial charge in [-0.2, -0.15) is 0 Å². The molecule has 0 aliphatic carbocycles. The fourth-order valence-electron chi connectivity index (χ4n) is 2.75. The second kappa shape index (κ2) is 4.93. The highest BCUT2D eigenvalue weighted by Gasteiger charge is 2.51. The van der Waals surface area contributed by atoms with Crippen molar-refractivity contribution in [2.45, 2.75) is 13.0 Å². The van der Waals surface area contributed by atoms with Gasteiger partial charge in [-0.15, -0.1) is 0 Å². The standard InChI is InChI=1S/C17H15NO2/c1-12(19)15-16(13-8-4-2-5-9-13)18(17(15)20)14-10-6-3-7-11-14/h2-11,15-16H,1H3/t15-,16-/m0/s1. The van der Waals surface area contributed by atoms with Crippen molar-refractivity contribution in [2.75, 3.05) is 4.90 Å². The van der Waals surface area contributed by atoms with E-state index in [-0.39, 0.29) is 17.7 Å². The van der Waals surface area contributed by atoms with E-state index in [1.54, 1.807) is 4.90 Å². The number of hydrogen-bond donors (Lipinski definition) is 0. The molecule has 1 amide bonds. The summed E-state index contributed by atoms with van der Waals surface area (Å²) in [7, 11) is 0. The number of Topliss-reactive ketones (excluding diaryl/α,β-unsaturated/α-hetero) is 1. The lowest BCUT2D eigenvalue weighted by atomic mass is 9.79. The van der Waals surface area contributed by atoms with Gasteiger partial charge in [-0.3, -0.25) is 9.59 Å². The Balaban J connectivity index is 2.02. The van der Waals surface area contributed by atoms with Crippen LogP contribution in [0.4, 0.5) is 5.69 Å². The zero-order valence-corrected chi connectivity index (χ0v) is 11.2. The molecule has 2 aromatic carbocycles. The minimum absolute atomic E-state index is 0.0731. The maximum absolute atomic E-state index is 12.3. The monoisotopic (exact) mass is 265 g/mol. The molecule has 1 fully saturated rings. The summed E-state index contributed by atoms with van der Waals surface area (Å²) in [6.07, 6.45) is 0. The van der Waals surface area contributed by atoms with E-state index in [9.17, 15) is 9.59 Å². The van der Waals surface area contributed by atoms with Gasteiger partial charge in [-0.25, -0.2) is 0 Å². The Morgan fingerprint density at radius 1 is 0.950 bits per heavy atom. The van der Waals surface area contributed by atoms with Crippen LogP contribution in [-0.4, -0.2) is 11.7 Å². The topological polar surface area (TPSA) is 37.4 Å². The van der Waals surface area contributed by atoms with Crippen LogP contribution in [0.3, 0.4) is 0 Å². The van der Waals surface area contributed by atoms with E-state index in [0.717, 1.165) is 11.3 Å². The van der Waals surface area contributed by atoms with Gasteiger partial charge in [0, 0.05) is 5.69 Å². The normalized spacial score (nSPS) is 21.4. The fraction of sp³-hybridized carbons (Fsp3) is 0.176. The summed E-state index contributed by atoms with van der Waals surface area (Å²) in [6.45, 7) is 1.49. The summed E-state index contributed by atoms with van der Waals surface area (Å²) >= 11 is 0. The summed E-state index contributed by atoms with van der Waals surface area (Å²) in [6, 6.07) is 19.0. The van der Waals surface area contributed by atoms with Crippen LogP contribution in [0.15, 0.2) is 60.7 Å². The summed E-state index contributed by atoms with van der Waals surface area (Å²) in [5.41, 5.74) is 1.83. The third kappa shape index (κ3) is 1.92. The Labute approximate surface area is 117 Å². The molecule has 0 spiro atoms. The Morgan fingerprint density at radius 2 is 1.50 bits per heavy atom. The van der Waals surface area contributed by atoms with E-state index in [2.05, 4.69) is 0 Å². The number of carbonyl (C=O) groups is 2. The molecule has 0 N–H and O–H groups in total. The number of β-lactam (4-membered cyclic amide) rings is 1. The third-order valence-corrected chi connectivity index (χ3v) is 3.71. The van der Waals surface area contributed by atoms with Crippen LogP contribution >= 0.6 is 0 Å². The molecule has 1 saturated heterocycles. The molecule has 3 rings (SSSR count).